The Kier molecular flexibility index (Phi) is 9.66. The predicted octanol–water partition coefficient (Wildman–Crippen LogP) is -0.508. The van der Waals surface area contributed by atoms with Crippen LogP contribution in [0.2, 0.25) is 0 Å². The van der Waals surface area contributed by atoms with E-state index >= 15 is 0 Å². The summed E-state index contributed by atoms with van der Waals surface area (Å²) < 4.78 is 0. The van der Waals surface area contributed by atoms with Gasteiger partial charge >= 0.3 is 29.6 Å². The average molecular weight is 111 g/mol. The minimum atomic E-state index is 0. The molecular weight excluding hydrogens is 101 g/mol. The van der Waals surface area contributed by atoms with Crippen molar-refractivity contribution in [2.24, 2.45) is 0 Å². The Morgan fingerprint density at radius 2 is 2.00 bits per heavy atom. The van der Waals surface area contributed by atoms with Crippen LogP contribution in [0.4, 0.5) is 0 Å². The van der Waals surface area contributed by atoms with E-state index in [2.05, 4.69) is 5.32 Å². The fourth-order valence-corrected chi connectivity index (χ4v) is 0.136. The summed E-state index contributed by atoms with van der Waals surface area (Å²) >= 11 is 0. The Morgan fingerprint density at radius 1 is 1.57 bits per heavy atom. The van der Waals surface area contributed by atoms with Crippen LogP contribution in [-0.4, -0.2) is 42.0 Å². The molecule has 0 aromatic rings. The van der Waals surface area contributed by atoms with Crippen molar-refractivity contribution in [3.8, 4) is 0 Å². The zero-order chi connectivity index (χ0) is 4.99. The van der Waals surface area contributed by atoms with Gasteiger partial charge in [-0.15, -0.1) is 0 Å². The molecule has 0 heterocycles. The van der Waals surface area contributed by atoms with Crippen LogP contribution in [0, 0.1) is 0 Å². The molecule has 0 unspecified atom stereocenters. The van der Waals surface area contributed by atoms with Crippen LogP contribution in [0.15, 0.2) is 0 Å². The van der Waals surface area contributed by atoms with Crippen molar-refractivity contribution >= 4 is 36.0 Å². The summed E-state index contributed by atoms with van der Waals surface area (Å²) in [6, 6.07) is 0.280. The van der Waals surface area contributed by atoms with Crippen LogP contribution in [0.1, 0.15) is 13.8 Å². The number of carbonyl (C=O) groups excluding carboxylic acids is 1. The Bertz CT molecular complexity index is 47.0. The second kappa shape index (κ2) is 6.47. The van der Waals surface area contributed by atoms with Crippen molar-refractivity contribution in [2.45, 2.75) is 19.9 Å². The molecule has 0 saturated heterocycles. The van der Waals surface area contributed by atoms with Gasteiger partial charge in [0.25, 0.3) is 0 Å². The van der Waals surface area contributed by atoms with Gasteiger partial charge in [-0.25, -0.2) is 0 Å². The third-order valence-electron chi connectivity index (χ3n) is 0.401. The van der Waals surface area contributed by atoms with Gasteiger partial charge in [0.1, 0.15) is 0 Å². The van der Waals surface area contributed by atoms with E-state index in [1.165, 1.54) is 0 Å². The van der Waals surface area contributed by atoms with E-state index in [4.69, 9.17) is 0 Å². The quantitative estimate of drug-likeness (QED) is 0.377. The molecule has 0 saturated carbocycles. The molecule has 38 valence electrons. The second-order valence-corrected chi connectivity index (χ2v) is 1.44. The van der Waals surface area contributed by atoms with Gasteiger partial charge in [-0.1, -0.05) is 0 Å². The van der Waals surface area contributed by atoms with Crippen LogP contribution >= 0.6 is 0 Å². The molecular formula is C4H10NNaO. The molecule has 0 radical (unpaired) electrons. The van der Waals surface area contributed by atoms with Gasteiger partial charge in [0, 0.05) is 6.04 Å². The first-order chi connectivity index (χ1) is 2.77. The SMILES string of the molecule is CC(C)NC=O.[NaH]. The topological polar surface area (TPSA) is 29.1 Å². The third-order valence-corrected chi connectivity index (χ3v) is 0.401. The third kappa shape index (κ3) is 10.7. The van der Waals surface area contributed by atoms with E-state index in [-0.39, 0.29) is 35.6 Å². The molecule has 0 aliphatic rings. The van der Waals surface area contributed by atoms with Gasteiger partial charge in [0.15, 0.2) is 0 Å². The summed E-state index contributed by atoms with van der Waals surface area (Å²) in [5, 5.41) is 2.53. The fraction of sp³-hybridized carbons (Fsp3) is 0.750. The van der Waals surface area contributed by atoms with E-state index in [1.54, 1.807) is 0 Å². The molecule has 0 spiro atoms. The summed E-state index contributed by atoms with van der Waals surface area (Å²) in [5.41, 5.74) is 0. The van der Waals surface area contributed by atoms with Crippen molar-refractivity contribution in [1.82, 2.24) is 5.32 Å². The molecule has 1 amide bonds. The first-order valence-electron chi connectivity index (χ1n) is 1.97. The van der Waals surface area contributed by atoms with Crippen molar-refractivity contribution in [3.05, 3.63) is 0 Å². The predicted molar refractivity (Wildman–Crippen MR) is 31.5 cm³/mol. The standard InChI is InChI=1S/C4H9NO.Na.H/c1-4(2)5-3-6;;/h3-4H,1-2H3,(H,5,6);;. The van der Waals surface area contributed by atoms with Crippen LogP contribution < -0.4 is 5.32 Å². The molecule has 0 aromatic heterocycles. The second-order valence-electron chi connectivity index (χ2n) is 1.44. The molecule has 3 heteroatoms. The van der Waals surface area contributed by atoms with Gasteiger partial charge in [-0.05, 0) is 13.8 Å². The Morgan fingerprint density at radius 3 is 2.00 bits per heavy atom. The molecule has 0 rings (SSSR count). The van der Waals surface area contributed by atoms with Crippen molar-refractivity contribution in [1.29, 1.82) is 0 Å². The molecule has 0 fully saturated rings. The van der Waals surface area contributed by atoms with Crippen molar-refractivity contribution in [2.75, 3.05) is 0 Å². The van der Waals surface area contributed by atoms with Crippen LogP contribution in [0.3, 0.4) is 0 Å². The monoisotopic (exact) mass is 111 g/mol. The Balaban J connectivity index is 0. The van der Waals surface area contributed by atoms with Gasteiger partial charge in [0.2, 0.25) is 6.41 Å². The first-order valence-corrected chi connectivity index (χ1v) is 1.97. The molecule has 0 aliphatic heterocycles. The number of amides is 1. The molecule has 1 N–H and O–H groups in total. The number of carbonyl (C=O) groups is 1. The Hall–Kier alpha value is 0.470. The fourth-order valence-electron chi connectivity index (χ4n) is 0.136. The van der Waals surface area contributed by atoms with Gasteiger partial charge < -0.3 is 5.32 Å². The number of hydrogen-bond donors (Lipinski definition) is 1. The molecule has 0 aromatic carbocycles. The van der Waals surface area contributed by atoms with E-state index in [9.17, 15) is 4.79 Å². The number of hydrogen-bond acceptors (Lipinski definition) is 1. The first kappa shape index (κ1) is 10.5. The van der Waals surface area contributed by atoms with Crippen molar-refractivity contribution < 1.29 is 4.79 Å². The normalized spacial score (nSPS) is 7.29. The summed E-state index contributed by atoms with van der Waals surface area (Å²) in [5.74, 6) is 0. The molecule has 7 heavy (non-hydrogen) atoms. The zero-order valence-corrected chi connectivity index (χ0v) is 4.06. The number of nitrogens with one attached hydrogen (secondary N) is 1. The average Bonchev–Trinajstić information content (AvgIpc) is 1.35. The van der Waals surface area contributed by atoms with Crippen LogP contribution in [0.5, 0.6) is 0 Å². The molecule has 0 bridgehead atoms. The minimum absolute atomic E-state index is 0. The molecule has 0 aliphatic carbocycles. The van der Waals surface area contributed by atoms with Gasteiger partial charge in [-0.3, -0.25) is 4.79 Å². The van der Waals surface area contributed by atoms with E-state index in [0.717, 1.165) is 0 Å². The Labute approximate surface area is 66.0 Å². The maximum atomic E-state index is 9.50. The van der Waals surface area contributed by atoms with Gasteiger partial charge in [-0.2, -0.15) is 0 Å². The summed E-state index contributed by atoms with van der Waals surface area (Å²) in [6.45, 7) is 3.82. The molecule has 2 nitrogen and oxygen atoms in total. The van der Waals surface area contributed by atoms with E-state index in [0.29, 0.717) is 6.41 Å². The van der Waals surface area contributed by atoms with E-state index in [1.807, 2.05) is 13.8 Å². The van der Waals surface area contributed by atoms with Crippen molar-refractivity contribution in [3.63, 3.8) is 0 Å². The summed E-state index contributed by atoms with van der Waals surface area (Å²) in [6.07, 6.45) is 0.699. The summed E-state index contributed by atoms with van der Waals surface area (Å²) in [4.78, 5) is 9.50. The maximum absolute atomic E-state index is 9.50. The van der Waals surface area contributed by atoms with Crippen LogP contribution in [0.25, 0.3) is 0 Å². The van der Waals surface area contributed by atoms with Gasteiger partial charge in [0.05, 0.1) is 0 Å². The summed E-state index contributed by atoms with van der Waals surface area (Å²) in [7, 11) is 0. The number of rotatable bonds is 2. The molecule has 0 atom stereocenters. The zero-order valence-electron chi connectivity index (χ0n) is 4.06. The van der Waals surface area contributed by atoms with E-state index < -0.39 is 0 Å². The van der Waals surface area contributed by atoms with Crippen LogP contribution in [-0.2, 0) is 4.79 Å².